The highest BCUT2D eigenvalue weighted by molar-refractivity contribution is 5.79. The number of amides is 1. The molecule has 2 atom stereocenters. The fourth-order valence-corrected chi connectivity index (χ4v) is 3.65. The predicted octanol–water partition coefficient (Wildman–Crippen LogP) is 0.608. The average molecular weight is 347 g/mol. The highest BCUT2D eigenvalue weighted by Crippen LogP contribution is 2.22. The lowest BCUT2D eigenvalue weighted by Gasteiger charge is -2.39. The number of aliphatic hydroxyl groups is 1. The van der Waals surface area contributed by atoms with Gasteiger partial charge in [-0.3, -0.25) is 9.69 Å². The third-order valence-electron chi connectivity index (χ3n) is 5.23. The minimum Gasteiger partial charge on any atom is -0.392 e. The van der Waals surface area contributed by atoms with Crippen LogP contribution in [0.1, 0.15) is 26.2 Å². The first kappa shape index (κ1) is 18.1. The molecule has 0 aliphatic carbocycles. The third kappa shape index (κ3) is 4.67. The molecular weight excluding hydrogens is 318 g/mol. The second kappa shape index (κ2) is 8.58. The van der Waals surface area contributed by atoms with Gasteiger partial charge in [-0.2, -0.15) is 0 Å². The van der Waals surface area contributed by atoms with Crippen molar-refractivity contribution in [2.24, 2.45) is 5.92 Å². The number of aliphatic hydroxyl groups excluding tert-OH is 1. The van der Waals surface area contributed by atoms with Gasteiger partial charge in [-0.1, -0.05) is 6.92 Å². The van der Waals surface area contributed by atoms with Gasteiger partial charge in [0.25, 0.3) is 0 Å². The maximum atomic E-state index is 12.9. The van der Waals surface area contributed by atoms with Crippen LogP contribution in [0.15, 0.2) is 18.5 Å². The molecule has 0 bridgehead atoms. The molecule has 1 aromatic rings. The zero-order valence-electron chi connectivity index (χ0n) is 15.0. The summed E-state index contributed by atoms with van der Waals surface area (Å²) in [5.74, 6) is 1.01. The number of hydrogen-bond acceptors (Lipinski definition) is 6. The zero-order valence-corrected chi connectivity index (χ0v) is 15.0. The molecule has 0 aromatic carbocycles. The van der Waals surface area contributed by atoms with Gasteiger partial charge in [0.15, 0.2) is 0 Å². The van der Waals surface area contributed by atoms with Gasteiger partial charge in [0, 0.05) is 58.2 Å². The average Bonchev–Trinajstić information content (AvgIpc) is 2.68. The van der Waals surface area contributed by atoms with E-state index in [4.69, 9.17) is 0 Å². The van der Waals surface area contributed by atoms with E-state index in [0.29, 0.717) is 13.1 Å². The summed E-state index contributed by atoms with van der Waals surface area (Å²) in [6.45, 7) is 7.54. The molecule has 1 aromatic heterocycles. The van der Waals surface area contributed by atoms with Gasteiger partial charge in [-0.15, -0.1) is 0 Å². The Kier molecular flexibility index (Phi) is 6.20. The minimum absolute atomic E-state index is 0.0327. The summed E-state index contributed by atoms with van der Waals surface area (Å²) >= 11 is 0. The standard InChI is InChI=1S/C18H29N5O2/c1-2-16(24)14-21-9-11-22(12-10-21)17(25)15-5-3-8-23(13-15)18-19-6-4-7-20-18/h4,6-7,15-16,24H,2-3,5,8-14H2,1H3. The number of piperidine rings is 1. The molecule has 2 fully saturated rings. The van der Waals surface area contributed by atoms with Crippen molar-refractivity contribution in [3.8, 4) is 0 Å². The smallest absolute Gasteiger partial charge is 0.227 e. The summed E-state index contributed by atoms with van der Waals surface area (Å²) in [6.07, 6.45) is 5.95. The van der Waals surface area contributed by atoms with E-state index in [1.165, 1.54) is 0 Å². The molecule has 138 valence electrons. The van der Waals surface area contributed by atoms with Crippen molar-refractivity contribution in [2.45, 2.75) is 32.3 Å². The van der Waals surface area contributed by atoms with E-state index in [9.17, 15) is 9.90 Å². The van der Waals surface area contributed by atoms with Crippen LogP contribution in [0, 0.1) is 5.92 Å². The van der Waals surface area contributed by atoms with Crippen LogP contribution in [0.3, 0.4) is 0 Å². The van der Waals surface area contributed by atoms with Gasteiger partial charge in [-0.05, 0) is 25.3 Å². The quantitative estimate of drug-likeness (QED) is 0.841. The number of rotatable bonds is 5. The summed E-state index contributed by atoms with van der Waals surface area (Å²) in [5.41, 5.74) is 0. The monoisotopic (exact) mass is 347 g/mol. The van der Waals surface area contributed by atoms with Crippen molar-refractivity contribution in [3.05, 3.63) is 18.5 Å². The number of piperazine rings is 1. The Morgan fingerprint density at radius 1 is 1.24 bits per heavy atom. The molecule has 7 nitrogen and oxygen atoms in total. The van der Waals surface area contributed by atoms with Gasteiger partial charge in [0.05, 0.1) is 12.0 Å². The van der Waals surface area contributed by atoms with E-state index in [1.54, 1.807) is 12.4 Å². The molecule has 0 saturated carbocycles. The van der Waals surface area contributed by atoms with Crippen LogP contribution in [-0.4, -0.2) is 82.7 Å². The van der Waals surface area contributed by atoms with Crippen molar-refractivity contribution >= 4 is 11.9 Å². The number of aromatic nitrogens is 2. The molecule has 3 heterocycles. The molecule has 2 aliphatic heterocycles. The van der Waals surface area contributed by atoms with E-state index in [-0.39, 0.29) is 17.9 Å². The molecule has 25 heavy (non-hydrogen) atoms. The lowest BCUT2D eigenvalue weighted by atomic mass is 9.96. The second-order valence-corrected chi connectivity index (χ2v) is 7.02. The lowest BCUT2D eigenvalue weighted by Crippen LogP contribution is -2.53. The van der Waals surface area contributed by atoms with Crippen molar-refractivity contribution in [1.29, 1.82) is 0 Å². The molecule has 2 unspecified atom stereocenters. The first-order valence-electron chi connectivity index (χ1n) is 9.38. The Balaban J connectivity index is 1.51. The first-order chi connectivity index (χ1) is 12.2. The summed E-state index contributed by atoms with van der Waals surface area (Å²) in [7, 11) is 0. The van der Waals surface area contributed by atoms with E-state index in [1.807, 2.05) is 17.9 Å². The number of nitrogens with zero attached hydrogens (tertiary/aromatic N) is 5. The van der Waals surface area contributed by atoms with Crippen LogP contribution in [0.5, 0.6) is 0 Å². The Bertz CT molecular complexity index is 548. The van der Waals surface area contributed by atoms with Gasteiger partial charge in [0.1, 0.15) is 0 Å². The minimum atomic E-state index is -0.264. The van der Waals surface area contributed by atoms with Crippen LogP contribution in [-0.2, 0) is 4.79 Å². The fourth-order valence-electron chi connectivity index (χ4n) is 3.65. The van der Waals surface area contributed by atoms with Crippen LogP contribution >= 0.6 is 0 Å². The summed E-state index contributed by atoms with van der Waals surface area (Å²) in [6, 6.07) is 1.81. The number of carbonyl (C=O) groups excluding carboxylic acids is 1. The third-order valence-corrected chi connectivity index (χ3v) is 5.23. The Labute approximate surface area is 149 Å². The largest absolute Gasteiger partial charge is 0.392 e. The Morgan fingerprint density at radius 2 is 1.96 bits per heavy atom. The number of hydrogen-bond donors (Lipinski definition) is 1. The van der Waals surface area contributed by atoms with Crippen molar-refractivity contribution in [3.63, 3.8) is 0 Å². The lowest BCUT2D eigenvalue weighted by molar-refractivity contribution is -0.137. The van der Waals surface area contributed by atoms with Crippen LogP contribution in [0.25, 0.3) is 0 Å². The highest BCUT2D eigenvalue weighted by atomic mass is 16.3. The predicted molar refractivity (Wildman–Crippen MR) is 96.3 cm³/mol. The molecule has 0 radical (unpaired) electrons. The molecule has 3 rings (SSSR count). The van der Waals surface area contributed by atoms with Crippen molar-refractivity contribution < 1.29 is 9.90 Å². The Morgan fingerprint density at radius 3 is 2.64 bits per heavy atom. The molecule has 0 spiro atoms. The van der Waals surface area contributed by atoms with Gasteiger partial charge >= 0.3 is 0 Å². The highest BCUT2D eigenvalue weighted by Gasteiger charge is 2.31. The molecule has 1 N–H and O–H groups in total. The van der Waals surface area contributed by atoms with E-state index in [0.717, 1.165) is 57.9 Å². The molecule has 2 saturated heterocycles. The summed E-state index contributed by atoms with van der Waals surface area (Å²) in [5, 5.41) is 9.79. The van der Waals surface area contributed by atoms with Crippen LogP contribution in [0.2, 0.25) is 0 Å². The van der Waals surface area contributed by atoms with Gasteiger partial charge < -0.3 is 14.9 Å². The van der Waals surface area contributed by atoms with Gasteiger partial charge in [0.2, 0.25) is 11.9 Å². The number of β-amino-alcohol motifs (C(OH)–C–C–N with tert-alkyl or cyclic N) is 1. The molecule has 1 amide bonds. The number of carbonyl (C=O) groups is 1. The zero-order chi connectivity index (χ0) is 17.6. The van der Waals surface area contributed by atoms with E-state index >= 15 is 0 Å². The van der Waals surface area contributed by atoms with E-state index in [2.05, 4.69) is 19.8 Å². The normalized spacial score (nSPS) is 23.5. The maximum Gasteiger partial charge on any atom is 0.227 e. The van der Waals surface area contributed by atoms with Crippen molar-refractivity contribution in [1.82, 2.24) is 19.8 Å². The molecular formula is C18H29N5O2. The molecule has 7 heteroatoms. The second-order valence-electron chi connectivity index (χ2n) is 7.02. The topological polar surface area (TPSA) is 72.8 Å². The van der Waals surface area contributed by atoms with Crippen molar-refractivity contribution in [2.75, 3.05) is 50.7 Å². The van der Waals surface area contributed by atoms with Crippen LogP contribution < -0.4 is 4.90 Å². The SMILES string of the molecule is CCC(O)CN1CCN(C(=O)C2CCCN(c3ncccn3)C2)CC1. The van der Waals surface area contributed by atoms with E-state index < -0.39 is 0 Å². The summed E-state index contributed by atoms with van der Waals surface area (Å²) < 4.78 is 0. The first-order valence-corrected chi connectivity index (χ1v) is 9.38. The maximum absolute atomic E-state index is 12.9. The van der Waals surface area contributed by atoms with Crippen LogP contribution in [0.4, 0.5) is 5.95 Å². The summed E-state index contributed by atoms with van der Waals surface area (Å²) in [4.78, 5) is 27.9. The fraction of sp³-hybridized carbons (Fsp3) is 0.722. The van der Waals surface area contributed by atoms with Gasteiger partial charge in [-0.25, -0.2) is 9.97 Å². The number of anilines is 1. The molecule has 2 aliphatic rings. The Hall–Kier alpha value is -1.73.